The van der Waals surface area contributed by atoms with Gasteiger partial charge in [-0.15, -0.1) is 0 Å². The van der Waals surface area contributed by atoms with Gasteiger partial charge in [-0.05, 0) is 39.5 Å². The first-order valence-electron chi connectivity index (χ1n) is 7.06. The highest BCUT2D eigenvalue weighted by atomic mass is 35.7. The number of morpholine rings is 1. The third-order valence-corrected chi connectivity index (χ3v) is 4.90. The molecule has 2 heterocycles. The highest BCUT2D eigenvalue weighted by Crippen LogP contribution is 2.34. The number of rotatable bonds is 2. The third-order valence-electron chi connectivity index (χ3n) is 3.66. The van der Waals surface area contributed by atoms with E-state index >= 15 is 0 Å². The Kier molecular flexibility index (Phi) is 4.75. The lowest BCUT2D eigenvalue weighted by atomic mass is 9.86. The Labute approximate surface area is 130 Å². The van der Waals surface area contributed by atoms with Gasteiger partial charge in [0, 0.05) is 10.7 Å². The number of halogens is 1. The minimum absolute atomic E-state index is 0.0370. The minimum atomic E-state index is -3.52. The van der Waals surface area contributed by atoms with Crippen molar-refractivity contribution in [3.63, 3.8) is 0 Å². The van der Waals surface area contributed by atoms with E-state index in [4.69, 9.17) is 20.2 Å². The first-order chi connectivity index (χ1) is 9.55. The molecule has 8 heteroatoms. The average molecular weight is 340 g/mol. The molecule has 2 rings (SSSR count). The van der Waals surface area contributed by atoms with Gasteiger partial charge in [0.2, 0.25) is 9.05 Å². The topological polar surface area (TPSA) is 72.9 Å². The molecular weight excluding hydrogens is 318 g/mol. The second-order valence-corrected chi connectivity index (χ2v) is 9.60. The smallest absolute Gasteiger partial charge is 0.410 e. The molecule has 2 fully saturated rings. The molecule has 1 amide bonds. The molecule has 0 aromatic carbocycles. The average Bonchev–Trinajstić information content (AvgIpc) is 2.22. The predicted octanol–water partition coefficient (Wildman–Crippen LogP) is 1.97. The Morgan fingerprint density at radius 3 is 2.24 bits per heavy atom. The van der Waals surface area contributed by atoms with Crippen LogP contribution in [0.2, 0.25) is 0 Å². The fraction of sp³-hybridized carbons (Fsp3) is 0.923. The molecule has 2 unspecified atom stereocenters. The van der Waals surface area contributed by atoms with Crippen molar-refractivity contribution in [2.45, 2.75) is 51.3 Å². The van der Waals surface area contributed by atoms with Crippen LogP contribution >= 0.6 is 10.7 Å². The fourth-order valence-corrected chi connectivity index (χ4v) is 4.43. The van der Waals surface area contributed by atoms with Crippen LogP contribution < -0.4 is 0 Å². The number of fused-ring (bicyclic) bond motifs is 2. The van der Waals surface area contributed by atoms with Gasteiger partial charge < -0.3 is 9.47 Å². The Bertz CT molecular complexity index is 487. The number of carbonyl (C=O) groups excluding carboxylic acids is 1. The molecule has 0 aromatic heterocycles. The maximum Gasteiger partial charge on any atom is 0.410 e. The Morgan fingerprint density at radius 1 is 1.29 bits per heavy atom. The van der Waals surface area contributed by atoms with Crippen LogP contribution in [0.1, 0.15) is 33.6 Å². The molecule has 0 saturated carbocycles. The van der Waals surface area contributed by atoms with Crippen LogP contribution in [0.15, 0.2) is 0 Å². The Hall–Kier alpha value is -0.530. The van der Waals surface area contributed by atoms with Gasteiger partial charge in [0.05, 0.1) is 31.1 Å². The van der Waals surface area contributed by atoms with E-state index < -0.39 is 14.7 Å². The molecule has 2 atom stereocenters. The number of hydrogen-bond donors (Lipinski definition) is 0. The lowest BCUT2D eigenvalue weighted by Gasteiger charge is -2.48. The number of piperidine rings is 1. The molecule has 0 radical (unpaired) electrons. The first kappa shape index (κ1) is 16.8. The predicted molar refractivity (Wildman–Crippen MR) is 78.8 cm³/mol. The van der Waals surface area contributed by atoms with Gasteiger partial charge in [-0.2, -0.15) is 0 Å². The summed E-state index contributed by atoms with van der Waals surface area (Å²) in [7, 11) is 1.82. The van der Waals surface area contributed by atoms with Gasteiger partial charge in [0.15, 0.2) is 0 Å². The molecule has 0 spiro atoms. The summed E-state index contributed by atoms with van der Waals surface area (Å²) in [5.41, 5.74) is -0.553. The number of amides is 1. The molecule has 2 aliphatic heterocycles. The maximum atomic E-state index is 12.3. The van der Waals surface area contributed by atoms with E-state index in [2.05, 4.69) is 0 Å². The summed E-state index contributed by atoms with van der Waals surface area (Å²) in [6, 6.07) is -0.286. The van der Waals surface area contributed by atoms with Crippen molar-refractivity contribution in [1.82, 2.24) is 4.90 Å². The highest BCUT2D eigenvalue weighted by molar-refractivity contribution is 8.13. The van der Waals surface area contributed by atoms with E-state index in [1.807, 2.05) is 20.8 Å². The van der Waals surface area contributed by atoms with Crippen LogP contribution in [0.25, 0.3) is 0 Å². The number of nitrogens with zero attached hydrogens (tertiary/aromatic N) is 1. The summed E-state index contributed by atoms with van der Waals surface area (Å²) in [4.78, 5) is 14.0. The summed E-state index contributed by atoms with van der Waals surface area (Å²) in [5, 5.41) is 0. The van der Waals surface area contributed by atoms with Gasteiger partial charge in [0.1, 0.15) is 5.60 Å². The van der Waals surface area contributed by atoms with E-state index in [0.717, 1.165) is 0 Å². The van der Waals surface area contributed by atoms with Gasteiger partial charge in [-0.25, -0.2) is 13.2 Å². The quantitative estimate of drug-likeness (QED) is 0.719. The standard InChI is InChI=1S/C13H22ClNO5S/c1-13(2,3)20-12(16)15-10-4-9(8-21(14,17)18)5-11(15)7-19-6-10/h9-11H,4-8H2,1-3H3. The summed E-state index contributed by atoms with van der Waals surface area (Å²) in [6.07, 6.45) is 0.789. The molecule has 2 saturated heterocycles. The Balaban J connectivity index is 2.07. The largest absolute Gasteiger partial charge is 0.444 e. The van der Waals surface area contributed by atoms with E-state index in [9.17, 15) is 13.2 Å². The molecule has 6 nitrogen and oxygen atoms in total. The molecule has 21 heavy (non-hydrogen) atoms. The third kappa shape index (κ3) is 4.72. The van der Waals surface area contributed by atoms with Crippen molar-refractivity contribution in [2.24, 2.45) is 5.92 Å². The molecule has 2 aliphatic rings. The van der Waals surface area contributed by atoms with Crippen molar-refractivity contribution in [1.29, 1.82) is 0 Å². The van der Waals surface area contributed by atoms with Crippen LogP contribution in [0.3, 0.4) is 0 Å². The van der Waals surface area contributed by atoms with Crippen LogP contribution in [-0.2, 0) is 18.5 Å². The van der Waals surface area contributed by atoms with Gasteiger partial charge >= 0.3 is 6.09 Å². The summed E-state index contributed by atoms with van der Waals surface area (Å²) in [5.74, 6) is -0.0888. The van der Waals surface area contributed by atoms with Crippen LogP contribution in [0.4, 0.5) is 4.79 Å². The van der Waals surface area contributed by atoms with Crippen molar-refractivity contribution >= 4 is 25.8 Å². The molecule has 0 aliphatic carbocycles. The van der Waals surface area contributed by atoms with Crippen molar-refractivity contribution < 1.29 is 22.7 Å². The molecule has 122 valence electrons. The lowest BCUT2D eigenvalue weighted by molar-refractivity contribution is -0.0874. The Morgan fingerprint density at radius 2 is 1.81 bits per heavy atom. The second kappa shape index (κ2) is 5.93. The lowest BCUT2D eigenvalue weighted by Crippen LogP contribution is -2.60. The van der Waals surface area contributed by atoms with E-state index in [1.165, 1.54) is 0 Å². The molecular formula is C13H22ClNO5S. The van der Waals surface area contributed by atoms with Crippen molar-refractivity contribution in [3.05, 3.63) is 0 Å². The minimum Gasteiger partial charge on any atom is -0.444 e. The second-order valence-electron chi connectivity index (χ2n) is 6.78. The van der Waals surface area contributed by atoms with Crippen LogP contribution in [0, 0.1) is 5.92 Å². The van der Waals surface area contributed by atoms with E-state index in [-0.39, 0.29) is 29.8 Å². The maximum absolute atomic E-state index is 12.3. The molecule has 0 N–H and O–H groups in total. The zero-order chi connectivity index (χ0) is 15.8. The summed E-state index contributed by atoms with van der Waals surface area (Å²) in [6.45, 7) is 6.29. The van der Waals surface area contributed by atoms with Gasteiger partial charge in [-0.3, -0.25) is 4.90 Å². The summed E-state index contributed by atoms with van der Waals surface area (Å²) < 4.78 is 33.4. The van der Waals surface area contributed by atoms with Gasteiger partial charge in [0.25, 0.3) is 0 Å². The monoisotopic (exact) mass is 339 g/mol. The van der Waals surface area contributed by atoms with Crippen molar-refractivity contribution in [3.8, 4) is 0 Å². The zero-order valence-electron chi connectivity index (χ0n) is 12.5. The fourth-order valence-electron chi connectivity index (χ4n) is 3.06. The van der Waals surface area contributed by atoms with E-state index in [1.54, 1.807) is 4.90 Å². The molecule has 2 bridgehead atoms. The van der Waals surface area contributed by atoms with Gasteiger partial charge in [-0.1, -0.05) is 0 Å². The SMILES string of the molecule is CC(C)(C)OC(=O)N1C2COCC1CC(CS(=O)(=O)Cl)C2. The van der Waals surface area contributed by atoms with Crippen molar-refractivity contribution in [2.75, 3.05) is 19.0 Å². The van der Waals surface area contributed by atoms with Crippen LogP contribution in [0.5, 0.6) is 0 Å². The van der Waals surface area contributed by atoms with E-state index in [0.29, 0.717) is 26.1 Å². The van der Waals surface area contributed by atoms with Crippen LogP contribution in [-0.4, -0.2) is 56.1 Å². The number of ether oxygens (including phenoxy) is 2. The zero-order valence-corrected chi connectivity index (χ0v) is 14.1. The normalized spacial score (nSPS) is 30.1. The first-order valence-corrected chi connectivity index (χ1v) is 9.54. The number of carbonyl (C=O) groups is 1. The summed E-state index contributed by atoms with van der Waals surface area (Å²) >= 11 is 0. The highest BCUT2D eigenvalue weighted by Gasteiger charge is 2.44. The number of hydrogen-bond acceptors (Lipinski definition) is 5. The molecule has 0 aromatic rings.